The number of unbranched alkanes of at least 4 members (excludes halogenated alkanes) is 4. The fourth-order valence-corrected chi connectivity index (χ4v) is 1.96. The van der Waals surface area contributed by atoms with Crippen LogP contribution in [0.25, 0.3) is 0 Å². The Balaban J connectivity index is 2.00. The molecule has 0 aliphatic heterocycles. The second-order valence-corrected chi connectivity index (χ2v) is 4.79. The zero-order valence-corrected chi connectivity index (χ0v) is 11.5. The lowest BCUT2D eigenvalue weighted by Crippen LogP contribution is -2.22. The van der Waals surface area contributed by atoms with Crippen molar-refractivity contribution in [2.45, 2.75) is 52.0 Å². The second-order valence-electron chi connectivity index (χ2n) is 4.79. The van der Waals surface area contributed by atoms with Gasteiger partial charge in [0.15, 0.2) is 0 Å². The van der Waals surface area contributed by atoms with Crippen molar-refractivity contribution in [2.24, 2.45) is 0 Å². The Labute approximate surface area is 111 Å². The van der Waals surface area contributed by atoms with E-state index >= 15 is 0 Å². The van der Waals surface area contributed by atoms with E-state index in [0.29, 0.717) is 12.3 Å². The molecule has 100 valence electrons. The molecule has 0 fully saturated rings. The molecule has 0 amide bonds. The van der Waals surface area contributed by atoms with Crippen molar-refractivity contribution >= 4 is 5.78 Å². The summed E-state index contributed by atoms with van der Waals surface area (Å²) >= 11 is 0. The second kappa shape index (κ2) is 9.84. The summed E-state index contributed by atoms with van der Waals surface area (Å²) in [7, 11) is 0. The van der Waals surface area contributed by atoms with Gasteiger partial charge in [-0.05, 0) is 12.0 Å². The number of ketones is 1. The van der Waals surface area contributed by atoms with Crippen LogP contribution in [0.4, 0.5) is 0 Å². The first-order valence-corrected chi connectivity index (χ1v) is 7.09. The van der Waals surface area contributed by atoms with Gasteiger partial charge in [-0.1, -0.05) is 62.9 Å². The van der Waals surface area contributed by atoms with Crippen molar-refractivity contribution in [1.82, 2.24) is 5.32 Å². The van der Waals surface area contributed by atoms with Crippen LogP contribution in [-0.4, -0.2) is 12.3 Å². The van der Waals surface area contributed by atoms with Crippen molar-refractivity contribution in [1.29, 1.82) is 0 Å². The van der Waals surface area contributed by atoms with Crippen molar-refractivity contribution < 1.29 is 4.79 Å². The number of nitrogens with one attached hydrogen (secondary N) is 1. The molecule has 0 heterocycles. The van der Waals surface area contributed by atoms with E-state index in [2.05, 4.69) is 24.4 Å². The molecule has 18 heavy (non-hydrogen) atoms. The maximum Gasteiger partial charge on any atom is 0.146 e. The summed E-state index contributed by atoms with van der Waals surface area (Å²) < 4.78 is 0. The van der Waals surface area contributed by atoms with Crippen molar-refractivity contribution in [3.63, 3.8) is 0 Å². The van der Waals surface area contributed by atoms with Crippen molar-refractivity contribution in [2.75, 3.05) is 6.54 Å². The molecular weight excluding hydrogens is 222 g/mol. The van der Waals surface area contributed by atoms with Crippen LogP contribution in [0, 0.1) is 0 Å². The summed E-state index contributed by atoms with van der Waals surface area (Å²) in [5, 5.41) is 3.20. The molecule has 1 rings (SSSR count). The van der Waals surface area contributed by atoms with Gasteiger partial charge >= 0.3 is 0 Å². The molecule has 0 aliphatic rings. The number of carbonyl (C=O) groups is 1. The molecule has 0 saturated heterocycles. The molecule has 2 heteroatoms. The molecule has 0 radical (unpaired) electrons. The van der Waals surface area contributed by atoms with Gasteiger partial charge < -0.3 is 5.32 Å². The lowest BCUT2D eigenvalue weighted by atomic mass is 10.1. The highest BCUT2D eigenvalue weighted by Gasteiger charge is 2.01. The third-order valence-electron chi connectivity index (χ3n) is 3.05. The Morgan fingerprint density at radius 3 is 2.50 bits per heavy atom. The van der Waals surface area contributed by atoms with E-state index < -0.39 is 0 Å². The Kier molecular flexibility index (Phi) is 8.15. The van der Waals surface area contributed by atoms with Gasteiger partial charge in [0.1, 0.15) is 5.78 Å². The monoisotopic (exact) mass is 247 g/mol. The average Bonchev–Trinajstić information content (AvgIpc) is 2.40. The standard InChI is InChI=1S/C16H25NO/c1-2-3-4-5-9-12-16(18)14-17-13-15-10-7-6-8-11-15/h6-8,10-11,17H,2-5,9,12-14H2,1H3. The third-order valence-corrected chi connectivity index (χ3v) is 3.05. The smallest absolute Gasteiger partial charge is 0.146 e. The normalized spacial score (nSPS) is 10.5. The van der Waals surface area contributed by atoms with Gasteiger partial charge in [-0.3, -0.25) is 4.79 Å². The summed E-state index contributed by atoms with van der Waals surface area (Å²) in [5.74, 6) is 0.336. The van der Waals surface area contributed by atoms with E-state index in [1.165, 1.54) is 31.2 Å². The summed E-state index contributed by atoms with van der Waals surface area (Å²) in [6.07, 6.45) is 6.78. The van der Waals surface area contributed by atoms with Crippen LogP contribution in [0.5, 0.6) is 0 Å². The maximum atomic E-state index is 11.6. The Morgan fingerprint density at radius 2 is 1.78 bits per heavy atom. The lowest BCUT2D eigenvalue weighted by Gasteiger charge is -2.04. The van der Waals surface area contributed by atoms with Crippen LogP contribution in [0.1, 0.15) is 51.0 Å². The highest BCUT2D eigenvalue weighted by Crippen LogP contribution is 2.05. The third kappa shape index (κ3) is 7.23. The summed E-state index contributed by atoms with van der Waals surface area (Å²) in [4.78, 5) is 11.6. The van der Waals surface area contributed by atoms with Crippen LogP contribution in [0.3, 0.4) is 0 Å². The zero-order chi connectivity index (χ0) is 13.1. The van der Waals surface area contributed by atoms with Gasteiger partial charge in [-0.2, -0.15) is 0 Å². The van der Waals surface area contributed by atoms with E-state index in [4.69, 9.17) is 0 Å². The summed E-state index contributed by atoms with van der Waals surface area (Å²) in [6.45, 7) is 3.49. The van der Waals surface area contributed by atoms with Gasteiger partial charge in [0.25, 0.3) is 0 Å². The Bertz CT molecular complexity index is 321. The summed E-state index contributed by atoms with van der Waals surface area (Å²) in [6, 6.07) is 10.2. The first kappa shape index (κ1) is 14.9. The van der Waals surface area contributed by atoms with Gasteiger partial charge in [0.05, 0.1) is 6.54 Å². The fraction of sp³-hybridized carbons (Fsp3) is 0.562. The average molecular weight is 247 g/mol. The highest BCUT2D eigenvalue weighted by molar-refractivity contribution is 5.80. The number of benzene rings is 1. The number of hydrogen-bond acceptors (Lipinski definition) is 2. The van der Waals surface area contributed by atoms with E-state index in [0.717, 1.165) is 19.4 Å². The van der Waals surface area contributed by atoms with E-state index in [9.17, 15) is 4.79 Å². The molecule has 0 bridgehead atoms. The molecule has 1 aromatic rings. The molecule has 0 saturated carbocycles. The van der Waals surface area contributed by atoms with Crippen LogP contribution in [0.15, 0.2) is 30.3 Å². The number of hydrogen-bond donors (Lipinski definition) is 1. The van der Waals surface area contributed by atoms with Crippen LogP contribution >= 0.6 is 0 Å². The minimum atomic E-state index is 0.336. The molecule has 0 atom stereocenters. The van der Waals surface area contributed by atoms with E-state index in [-0.39, 0.29) is 0 Å². The Morgan fingerprint density at radius 1 is 1.06 bits per heavy atom. The molecule has 0 aromatic heterocycles. The topological polar surface area (TPSA) is 29.1 Å². The first-order valence-electron chi connectivity index (χ1n) is 7.09. The predicted molar refractivity (Wildman–Crippen MR) is 76.5 cm³/mol. The van der Waals surface area contributed by atoms with Crippen molar-refractivity contribution in [3.8, 4) is 0 Å². The number of rotatable bonds is 10. The van der Waals surface area contributed by atoms with Crippen LogP contribution in [0.2, 0.25) is 0 Å². The molecule has 1 N–H and O–H groups in total. The fourth-order valence-electron chi connectivity index (χ4n) is 1.96. The first-order chi connectivity index (χ1) is 8.83. The van der Waals surface area contributed by atoms with Gasteiger partial charge in [0.2, 0.25) is 0 Å². The number of carbonyl (C=O) groups excluding carboxylic acids is 1. The molecular formula is C16H25NO. The van der Waals surface area contributed by atoms with Crippen LogP contribution in [-0.2, 0) is 11.3 Å². The van der Waals surface area contributed by atoms with E-state index in [1.54, 1.807) is 0 Å². The van der Waals surface area contributed by atoms with Crippen LogP contribution < -0.4 is 5.32 Å². The predicted octanol–water partition coefficient (Wildman–Crippen LogP) is 3.71. The van der Waals surface area contributed by atoms with Crippen molar-refractivity contribution in [3.05, 3.63) is 35.9 Å². The van der Waals surface area contributed by atoms with Gasteiger partial charge in [-0.25, -0.2) is 0 Å². The minimum Gasteiger partial charge on any atom is -0.306 e. The lowest BCUT2D eigenvalue weighted by molar-refractivity contribution is -0.118. The maximum absolute atomic E-state index is 11.6. The minimum absolute atomic E-state index is 0.336. The largest absolute Gasteiger partial charge is 0.306 e. The summed E-state index contributed by atoms with van der Waals surface area (Å²) in [5.41, 5.74) is 1.23. The Hall–Kier alpha value is -1.15. The number of Topliss-reactive ketones (excluding diaryl/α,β-unsaturated/α-hetero) is 1. The molecule has 1 aromatic carbocycles. The molecule has 0 unspecified atom stereocenters. The van der Waals surface area contributed by atoms with E-state index in [1.807, 2.05) is 18.2 Å². The molecule has 0 aliphatic carbocycles. The quantitative estimate of drug-likeness (QED) is 0.639. The molecule has 0 spiro atoms. The van der Waals surface area contributed by atoms with Gasteiger partial charge in [0, 0.05) is 13.0 Å². The van der Waals surface area contributed by atoms with Gasteiger partial charge in [-0.15, -0.1) is 0 Å². The SMILES string of the molecule is CCCCCCCC(=O)CNCc1ccccc1. The zero-order valence-electron chi connectivity index (χ0n) is 11.5. The molecule has 2 nitrogen and oxygen atoms in total. The highest BCUT2D eigenvalue weighted by atomic mass is 16.1.